The van der Waals surface area contributed by atoms with Crippen LogP contribution in [0.2, 0.25) is 0 Å². The fraction of sp³-hybridized carbons (Fsp3) is 0.448. The van der Waals surface area contributed by atoms with Gasteiger partial charge in [-0.15, -0.1) is 11.3 Å². The van der Waals surface area contributed by atoms with Gasteiger partial charge in [-0.05, 0) is 49.8 Å². The maximum atomic E-state index is 13.3. The molecule has 13 heteroatoms. The second-order valence-electron chi connectivity index (χ2n) is 10.6. The van der Waals surface area contributed by atoms with Gasteiger partial charge in [0.2, 0.25) is 0 Å². The van der Waals surface area contributed by atoms with Gasteiger partial charge >= 0.3 is 12.1 Å². The zero-order valence-electron chi connectivity index (χ0n) is 22.9. The summed E-state index contributed by atoms with van der Waals surface area (Å²) in [6.45, 7) is 3.50. The number of esters is 1. The molecule has 1 aromatic heterocycles. The number of nitro groups is 1. The van der Waals surface area contributed by atoms with Crippen molar-refractivity contribution in [1.82, 2.24) is 4.90 Å². The number of nitro benzene ring substituents is 1. The van der Waals surface area contributed by atoms with Crippen molar-refractivity contribution in [2.75, 3.05) is 44.7 Å². The van der Waals surface area contributed by atoms with Crippen LogP contribution < -0.4 is 15.1 Å². The molecule has 2 fully saturated rings. The molecule has 9 nitrogen and oxygen atoms in total. The van der Waals surface area contributed by atoms with Crippen LogP contribution in [0, 0.1) is 16.0 Å². The second kappa shape index (κ2) is 12.3. The van der Waals surface area contributed by atoms with Gasteiger partial charge in [0, 0.05) is 50.2 Å². The molecule has 224 valence electrons. The summed E-state index contributed by atoms with van der Waals surface area (Å²) in [6, 6.07) is 9.45. The lowest BCUT2D eigenvalue weighted by Gasteiger charge is -2.38. The number of anilines is 1. The fourth-order valence-electron chi connectivity index (χ4n) is 5.66. The lowest BCUT2D eigenvalue weighted by atomic mass is 9.87. The number of rotatable bonds is 7. The molecular formula is C29H30F3N3O6S. The van der Waals surface area contributed by atoms with Gasteiger partial charge in [-0.1, -0.05) is 12.1 Å². The molecule has 0 bridgehead atoms. The summed E-state index contributed by atoms with van der Waals surface area (Å²) in [5.74, 6) is 0.564. The monoisotopic (exact) mass is 605 g/mol. The Morgan fingerprint density at radius 3 is 2.40 bits per heavy atom. The van der Waals surface area contributed by atoms with Crippen molar-refractivity contribution in [3.8, 4) is 5.75 Å². The van der Waals surface area contributed by atoms with Gasteiger partial charge in [0.05, 0.1) is 22.6 Å². The molecule has 1 aliphatic carbocycles. The van der Waals surface area contributed by atoms with E-state index in [1.807, 2.05) is 4.90 Å². The van der Waals surface area contributed by atoms with E-state index >= 15 is 0 Å². The predicted molar refractivity (Wildman–Crippen MR) is 153 cm³/mol. The van der Waals surface area contributed by atoms with Crippen LogP contribution in [0.15, 0.2) is 47.3 Å². The number of benzene rings is 2. The number of hydrogen-bond acceptors (Lipinski definition) is 9. The van der Waals surface area contributed by atoms with Gasteiger partial charge in [-0.3, -0.25) is 19.8 Å². The van der Waals surface area contributed by atoms with Crippen molar-refractivity contribution in [3.63, 3.8) is 0 Å². The fourth-order valence-corrected chi connectivity index (χ4v) is 6.85. The number of carbonyl (C=O) groups is 1. The number of hydrogen-bond donors (Lipinski definition) is 0. The third-order valence-corrected chi connectivity index (χ3v) is 9.13. The van der Waals surface area contributed by atoms with E-state index < -0.39 is 27.8 Å². The normalized spacial score (nSPS) is 20.0. The van der Waals surface area contributed by atoms with Crippen LogP contribution in [-0.2, 0) is 10.9 Å². The molecule has 2 aromatic carbocycles. The Balaban J connectivity index is 1.16. The minimum atomic E-state index is -4.80. The first-order valence-corrected chi connectivity index (χ1v) is 14.5. The molecule has 3 aromatic rings. The van der Waals surface area contributed by atoms with Crippen LogP contribution in [0.3, 0.4) is 0 Å². The van der Waals surface area contributed by atoms with Crippen LogP contribution in [0.25, 0.3) is 10.1 Å². The summed E-state index contributed by atoms with van der Waals surface area (Å²) >= 11 is 0.973. The highest BCUT2D eigenvalue weighted by Gasteiger charge is 2.34. The number of alkyl halides is 3. The molecular weight excluding hydrogens is 575 g/mol. The van der Waals surface area contributed by atoms with E-state index in [4.69, 9.17) is 9.47 Å². The first kappa shape index (κ1) is 29.8. The predicted octanol–water partition coefficient (Wildman–Crippen LogP) is 5.73. The SMILES string of the molecule is COc1ccccc1C(=O)OC1CCC(CN2CCN(c3cc(=O)c4cc(C(F)(F)F)cc([N+](=O)[O-])c4s3)CC2)CC1. The summed E-state index contributed by atoms with van der Waals surface area (Å²) in [5, 5.41) is 11.8. The minimum Gasteiger partial charge on any atom is -0.496 e. The quantitative estimate of drug-likeness (QED) is 0.191. The number of para-hydroxylation sites is 1. The Hall–Kier alpha value is -3.71. The molecule has 0 radical (unpaired) electrons. The number of carbonyl (C=O) groups excluding carboxylic acids is 1. The lowest BCUT2D eigenvalue weighted by Crippen LogP contribution is -2.48. The van der Waals surface area contributed by atoms with E-state index in [2.05, 4.69) is 4.90 Å². The molecule has 0 unspecified atom stereocenters. The van der Waals surface area contributed by atoms with Crippen LogP contribution in [0.5, 0.6) is 5.75 Å². The van der Waals surface area contributed by atoms with E-state index in [1.54, 1.807) is 24.3 Å². The van der Waals surface area contributed by atoms with Gasteiger partial charge in [0.15, 0.2) is 5.43 Å². The van der Waals surface area contributed by atoms with Crippen LogP contribution in [-0.4, -0.2) is 61.7 Å². The number of ether oxygens (including phenoxy) is 2. The van der Waals surface area contributed by atoms with Gasteiger partial charge in [-0.25, -0.2) is 4.79 Å². The van der Waals surface area contributed by atoms with Gasteiger partial charge in [0.1, 0.15) is 22.1 Å². The molecule has 0 N–H and O–H groups in total. The van der Waals surface area contributed by atoms with E-state index in [-0.39, 0.29) is 22.2 Å². The van der Waals surface area contributed by atoms with Crippen molar-refractivity contribution < 1.29 is 32.4 Å². The van der Waals surface area contributed by atoms with Gasteiger partial charge in [-0.2, -0.15) is 13.2 Å². The lowest BCUT2D eigenvalue weighted by molar-refractivity contribution is -0.383. The first-order chi connectivity index (χ1) is 20.0. The average Bonchev–Trinajstić information content (AvgIpc) is 2.97. The Bertz CT molecular complexity index is 1530. The van der Waals surface area contributed by atoms with E-state index in [0.29, 0.717) is 47.5 Å². The van der Waals surface area contributed by atoms with Crippen molar-refractivity contribution in [1.29, 1.82) is 0 Å². The maximum Gasteiger partial charge on any atom is 0.416 e. The largest absolute Gasteiger partial charge is 0.496 e. The number of piperazine rings is 1. The molecule has 42 heavy (non-hydrogen) atoms. The number of non-ortho nitro benzene ring substituents is 1. The molecule has 1 saturated carbocycles. The Morgan fingerprint density at radius 1 is 1.07 bits per heavy atom. The molecule has 1 saturated heterocycles. The number of fused-ring (bicyclic) bond motifs is 1. The minimum absolute atomic E-state index is 0.0545. The average molecular weight is 606 g/mol. The Labute approximate surface area is 243 Å². The van der Waals surface area contributed by atoms with Crippen LogP contribution in [0.4, 0.5) is 23.9 Å². The third kappa shape index (κ3) is 6.51. The number of nitrogens with zero attached hydrogens (tertiary/aromatic N) is 3. The first-order valence-electron chi connectivity index (χ1n) is 13.7. The van der Waals surface area contributed by atoms with Gasteiger partial charge < -0.3 is 14.4 Å². The summed E-state index contributed by atoms with van der Waals surface area (Å²) < 4.78 is 50.8. The summed E-state index contributed by atoms with van der Waals surface area (Å²) in [5.41, 5.74) is -2.18. The number of methoxy groups -OCH3 is 1. The van der Waals surface area contributed by atoms with Crippen molar-refractivity contribution in [2.45, 2.75) is 38.0 Å². The smallest absolute Gasteiger partial charge is 0.416 e. The molecule has 2 heterocycles. The van der Waals surface area contributed by atoms with Gasteiger partial charge in [0.25, 0.3) is 5.69 Å². The van der Waals surface area contributed by atoms with Crippen molar-refractivity contribution >= 4 is 38.1 Å². The van der Waals surface area contributed by atoms with Crippen molar-refractivity contribution in [2.24, 2.45) is 5.92 Å². The van der Waals surface area contributed by atoms with E-state index in [0.717, 1.165) is 56.7 Å². The summed E-state index contributed by atoms with van der Waals surface area (Å²) in [4.78, 5) is 40.4. The topological polar surface area (TPSA) is 102 Å². The molecule has 2 aliphatic rings. The highest BCUT2D eigenvalue weighted by Crippen LogP contribution is 2.39. The third-order valence-electron chi connectivity index (χ3n) is 7.91. The molecule has 0 amide bonds. The Kier molecular flexibility index (Phi) is 8.69. The van der Waals surface area contributed by atoms with Crippen molar-refractivity contribution in [3.05, 3.63) is 73.9 Å². The Morgan fingerprint density at radius 2 is 1.76 bits per heavy atom. The number of halogens is 3. The zero-order valence-corrected chi connectivity index (χ0v) is 23.7. The second-order valence-corrected chi connectivity index (χ2v) is 11.6. The highest BCUT2D eigenvalue weighted by molar-refractivity contribution is 7.22. The summed E-state index contributed by atoms with van der Waals surface area (Å²) in [7, 11) is 1.52. The van der Waals surface area contributed by atoms with E-state index in [1.165, 1.54) is 13.2 Å². The van der Waals surface area contributed by atoms with Crippen LogP contribution >= 0.6 is 11.3 Å². The molecule has 0 spiro atoms. The maximum absolute atomic E-state index is 13.3. The molecule has 5 rings (SSSR count). The standard InChI is InChI=1S/C29H30F3N3O6S/c1-40-25-5-3-2-4-21(25)28(37)41-20-8-6-18(7-9-20)17-33-10-12-34(13-11-33)26-16-24(36)22-14-19(29(30,31)32)15-23(35(38)39)27(22)42-26/h2-5,14-16,18,20H,6-13,17H2,1H3. The van der Waals surface area contributed by atoms with Crippen LogP contribution in [0.1, 0.15) is 41.6 Å². The highest BCUT2D eigenvalue weighted by atomic mass is 32.1. The van der Waals surface area contributed by atoms with E-state index in [9.17, 15) is 32.9 Å². The molecule has 1 aliphatic heterocycles. The summed E-state index contributed by atoms with van der Waals surface area (Å²) in [6.07, 6.45) is -1.51. The molecule has 0 atom stereocenters. The zero-order chi connectivity index (χ0) is 30.0.